The molecule has 3 N–H and O–H groups in total. The average Bonchev–Trinajstić information content (AvgIpc) is 3.22. The second-order valence-electron chi connectivity index (χ2n) is 7.81. The number of fused-ring (bicyclic) bond motifs is 2. The van der Waals surface area contributed by atoms with E-state index in [0.29, 0.717) is 19.3 Å². The minimum Gasteiger partial charge on any atom is -0.338 e. The number of aromatic nitrogens is 2. The summed E-state index contributed by atoms with van der Waals surface area (Å²) < 4.78 is 0. The summed E-state index contributed by atoms with van der Waals surface area (Å²) >= 11 is 0. The van der Waals surface area contributed by atoms with Gasteiger partial charge in [-0.2, -0.15) is 0 Å². The molecule has 0 aliphatic carbocycles. The van der Waals surface area contributed by atoms with Crippen LogP contribution in [-0.4, -0.2) is 21.8 Å². The smallest absolute Gasteiger partial charge is 0.227 e. The van der Waals surface area contributed by atoms with Gasteiger partial charge in [-0.25, -0.2) is 4.98 Å². The second-order valence-corrected chi connectivity index (χ2v) is 7.81. The summed E-state index contributed by atoms with van der Waals surface area (Å²) in [6, 6.07) is 23.3. The fourth-order valence-electron chi connectivity index (χ4n) is 3.98. The van der Waals surface area contributed by atoms with Crippen LogP contribution in [0.25, 0.3) is 22.4 Å². The molecule has 2 amide bonds. The maximum absolute atomic E-state index is 12.4. The predicted octanol–water partition coefficient (Wildman–Crippen LogP) is 4.76. The topological polar surface area (TPSA) is 86.9 Å². The molecule has 0 spiro atoms. The summed E-state index contributed by atoms with van der Waals surface area (Å²) in [5.41, 5.74) is 5.58. The first kappa shape index (κ1) is 19.1. The van der Waals surface area contributed by atoms with Gasteiger partial charge in [0.15, 0.2) is 0 Å². The summed E-state index contributed by atoms with van der Waals surface area (Å²) in [7, 11) is 0. The van der Waals surface area contributed by atoms with E-state index in [9.17, 15) is 9.59 Å². The highest BCUT2D eigenvalue weighted by Gasteiger charge is 2.26. The Morgan fingerprint density at radius 1 is 1.00 bits per heavy atom. The maximum Gasteiger partial charge on any atom is 0.227 e. The molecule has 1 atom stereocenters. The van der Waals surface area contributed by atoms with Crippen molar-refractivity contribution >= 4 is 34.2 Å². The van der Waals surface area contributed by atoms with Gasteiger partial charge in [-0.1, -0.05) is 30.3 Å². The number of carbonyl (C=O) groups excluding carboxylic acids is 2. The van der Waals surface area contributed by atoms with E-state index in [4.69, 9.17) is 0 Å². The van der Waals surface area contributed by atoms with Crippen LogP contribution in [0.2, 0.25) is 0 Å². The molecule has 0 fully saturated rings. The molecule has 31 heavy (non-hydrogen) atoms. The number of imidazole rings is 1. The van der Waals surface area contributed by atoms with Crippen molar-refractivity contribution in [3.8, 4) is 11.4 Å². The summed E-state index contributed by atoms with van der Waals surface area (Å²) in [4.78, 5) is 32.6. The average molecular weight is 410 g/mol. The number of rotatable bonds is 5. The Morgan fingerprint density at radius 3 is 2.61 bits per heavy atom. The quantitative estimate of drug-likeness (QED) is 0.443. The molecule has 0 radical (unpaired) electrons. The van der Waals surface area contributed by atoms with Crippen molar-refractivity contribution in [1.29, 1.82) is 0 Å². The van der Waals surface area contributed by atoms with Crippen molar-refractivity contribution in [3.63, 3.8) is 0 Å². The highest BCUT2D eigenvalue weighted by atomic mass is 16.2. The molecular formula is C25H22N4O2. The Morgan fingerprint density at radius 2 is 1.77 bits per heavy atom. The lowest BCUT2D eigenvalue weighted by Crippen LogP contribution is -2.30. The van der Waals surface area contributed by atoms with E-state index >= 15 is 0 Å². The first-order chi connectivity index (χ1) is 15.2. The number of nitrogens with zero attached hydrogens (tertiary/aromatic N) is 1. The third kappa shape index (κ3) is 4.05. The number of H-pyrrole nitrogens is 1. The van der Waals surface area contributed by atoms with Gasteiger partial charge in [0.1, 0.15) is 5.82 Å². The van der Waals surface area contributed by atoms with Crippen LogP contribution >= 0.6 is 0 Å². The lowest BCUT2D eigenvalue weighted by Gasteiger charge is -2.24. The van der Waals surface area contributed by atoms with Crippen molar-refractivity contribution in [2.75, 3.05) is 10.6 Å². The zero-order chi connectivity index (χ0) is 21.2. The fourth-order valence-corrected chi connectivity index (χ4v) is 3.98. The Hall–Kier alpha value is -3.93. The molecular weight excluding hydrogens is 388 g/mol. The molecule has 1 aromatic heterocycles. The van der Waals surface area contributed by atoms with Crippen LogP contribution in [0.15, 0.2) is 72.8 Å². The first-order valence-corrected chi connectivity index (χ1v) is 10.4. The number of carbonyl (C=O) groups is 2. The van der Waals surface area contributed by atoms with Crippen LogP contribution in [0.1, 0.15) is 18.4 Å². The van der Waals surface area contributed by atoms with Gasteiger partial charge in [0.05, 0.1) is 11.0 Å². The van der Waals surface area contributed by atoms with Gasteiger partial charge >= 0.3 is 0 Å². The van der Waals surface area contributed by atoms with Crippen LogP contribution in [0.3, 0.4) is 0 Å². The molecule has 6 heteroatoms. The zero-order valence-corrected chi connectivity index (χ0v) is 16.9. The van der Waals surface area contributed by atoms with E-state index in [2.05, 4.69) is 20.6 Å². The Labute approximate surface area is 179 Å². The number of amides is 2. The van der Waals surface area contributed by atoms with Gasteiger partial charge in [0.25, 0.3) is 0 Å². The van der Waals surface area contributed by atoms with Crippen molar-refractivity contribution in [1.82, 2.24) is 9.97 Å². The number of nitrogens with one attached hydrogen (secondary N) is 3. The lowest BCUT2D eigenvalue weighted by atomic mass is 9.89. The molecule has 1 unspecified atom stereocenters. The summed E-state index contributed by atoms with van der Waals surface area (Å²) in [6.45, 7) is 0. The molecule has 2 heterocycles. The number of hydrogen-bond donors (Lipinski definition) is 3. The Balaban J connectivity index is 1.19. The van der Waals surface area contributed by atoms with Crippen LogP contribution in [-0.2, 0) is 16.0 Å². The Kier molecular flexibility index (Phi) is 4.96. The Bertz CT molecular complexity index is 1230. The molecule has 154 valence electrons. The largest absolute Gasteiger partial charge is 0.338 e. The van der Waals surface area contributed by atoms with Crippen molar-refractivity contribution < 1.29 is 9.59 Å². The second kappa shape index (κ2) is 8.07. The molecule has 3 aromatic carbocycles. The molecule has 5 rings (SSSR count). The van der Waals surface area contributed by atoms with E-state index in [-0.39, 0.29) is 17.7 Å². The molecule has 0 saturated heterocycles. The minimum absolute atomic E-state index is 0.0123. The molecule has 1 aliphatic rings. The van der Waals surface area contributed by atoms with Gasteiger partial charge in [-0.15, -0.1) is 0 Å². The number of anilines is 2. The van der Waals surface area contributed by atoms with Gasteiger partial charge in [-0.05, 0) is 60.9 Å². The van der Waals surface area contributed by atoms with E-state index in [1.807, 2.05) is 72.8 Å². The monoisotopic (exact) mass is 410 g/mol. The molecule has 0 saturated carbocycles. The molecule has 0 bridgehead atoms. The predicted molar refractivity (Wildman–Crippen MR) is 122 cm³/mol. The third-order valence-electron chi connectivity index (χ3n) is 5.66. The standard InChI is InChI=1S/C25H22N4O2/c30-23(14-11-18-15-17-5-1-2-6-20(17)29-25(18)31)26-19-12-9-16(10-13-19)24-27-21-7-3-4-8-22(21)28-24/h1-10,12-13,18H,11,14-15H2,(H,26,30)(H,27,28)(H,29,31). The van der Waals surface area contributed by atoms with E-state index < -0.39 is 0 Å². The lowest BCUT2D eigenvalue weighted by molar-refractivity contribution is -0.121. The van der Waals surface area contributed by atoms with Gasteiger partial charge < -0.3 is 15.6 Å². The van der Waals surface area contributed by atoms with E-state index in [1.54, 1.807) is 0 Å². The van der Waals surface area contributed by atoms with Crippen LogP contribution in [0.5, 0.6) is 0 Å². The van der Waals surface area contributed by atoms with Gasteiger partial charge in [-0.3, -0.25) is 9.59 Å². The van der Waals surface area contributed by atoms with Crippen LogP contribution in [0.4, 0.5) is 11.4 Å². The number of hydrogen-bond acceptors (Lipinski definition) is 3. The zero-order valence-electron chi connectivity index (χ0n) is 16.9. The van der Waals surface area contributed by atoms with Crippen LogP contribution in [0, 0.1) is 5.92 Å². The minimum atomic E-state index is -0.184. The van der Waals surface area contributed by atoms with E-state index in [1.165, 1.54) is 0 Å². The normalized spacial score (nSPS) is 15.4. The fraction of sp³-hybridized carbons (Fsp3) is 0.160. The molecule has 6 nitrogen and oxygen atoms in total. The van der Waals surface area contributed by atoms with Crippen molar-refractivity contribution in [2.24, 2.45) is 5.92 Å². The van der Waals surface area contributed by atoms with Crippen LogP contribution < -0.4 is 10.6 Å². The van der Waals surface area contributed by atoms with Crippen molar-refractivity contribution in [3.05, 3.63) is 78.4 Å². The molecule has 4 aromatic rings. The van der Waals surface area contributed by atoms with E-state index in [0.717, 1.165) is 39.4 Å². The molecule has 1 aliphatic heterocycles. The highest BCUT2D eigenvalue weighted by molar-refractivity contribution is 5.96. The SMILES string of the molecule is O=C(CCC1Cc2ccccc2NC1=O)Nc1ccc(-c2nc3ccccc3[nH]2)cc1. The summed E-state index contributed by atoms with van der Waals surface area (Å²) in [5, 5.41) is 5.85. The van der Waals surface area contributed by atoms with Crippen molar-refractivity contribution in [2.45, 2.75) is 19.3 Å². The number of para-hydroxylation sites is 3. The van der Waals surface area contributed by atoms with Gasteiger partial charge in [0.2, 0.25) is 11.8 Å². The third-order valence-corrected chi connectivity index (χ3v) is 5.66. The number of benzene rings is 3. The maximum atomic E-state index is 12.4. The summed E-state index contributed by atoms with van der Waals surface area (Å²) in [6.07, 6.45) is 1.48. The summed E-state index contributed by atoms with van der Waals surface area (Å²) in [5.74, 6) is 0.503. The van der Waals surface area contributed by atoms with Gasteiger partial charge in [0, 0.05) is 29.3 Å². The first-order valence-electron chi connectivity index (χ1n) is 10.4. The number of aromatic amines is 1. The highest BCUT2D eigenvalue weighted by Crippen LogP contribution is 2.28.